The van der Waals surface area contributed by atoms with Gasteiger partial charge in [0.2, 0.25) is 0 Å². The second-order valence-electron chi connectivity index (χ2n) is 6.33. The van der Waals surface area contributed by atoms with Gasteiger partial charge in [0, 0.05) is 53.5 Å². The summed E-state index contributed by atoms with van der Waals surface area (Å²) in [5.74, 6) is -2.92. The first kappa shape index (κ1) is 17.3. The van der Waals surface area contributed by atoms with E-state index in [0.29, 0.717) is 5.56 Å². The lowest BCUT2D eigenvalue weighted by molar-refractivity contribution is -0.0494. The molecule has 1 fully saturated rings. The number of carbonyl (C=O) groups is 1. The average Bonchev–Trinajstić information content (AvgIpc) is 3.04. The van der Waals surface area contributed by atoms with Crippen LogP contribution in [0.4, 0.5) is 8.78 Å². The van der Waals surface area contributed by atoms with Gasteiger partial charge in [0.25, 0.3) is 11.8 Å². The van der Waals surface area contributed by atoms with Crippen molar-refractivity contribution in [2.45, 2.75) is 18.8 Å². The van der Waals surface area contributed by atoms with Crippen molar-refractivity contribution in [1.82, 2.24) is 19.4 Å². The smallest absolute Gasteiger partial charge is 0.255 e. The molecule has 0 N–H and O–H groups in total. The Kier molecular flexibility index (Phi) is 4.37. The monoisotopic (exact) mass is 468 g/mol. The fraction of sp³-hybridized carbons (Fsp3) is 0.278. The highest BCUT2D eigenvalue weighted by molar-refractivity contribution is 14.1. The lowest BCUT2D eigenvalue weighted by atomic mass is 10.1. The second-order valence-corrected chi connectivity index (χ2v) is 7.58. The predicted molar refractivity (Wildman–Crippen MR) is 102 cm³/mol. The summed E-state index contributed by atoms with van der Waals surface area (Å²) >= 11 is 2.20. The quantitative estimate of drug-likeness (QED) is 0.537. The minimum atomic E-state index is -2.67. The SMILES string of the molecule is O=C(c1cnc2c(ccn2-c2cncc(I)c2)c1)N1CCC(F)(F)CC1. The van der Waals surface area contributed by atoms with E-state index in [-0.39, 0.29) is 31.8 Å². The van der Waals surface area contributed by atoms with Gasteiger partial charge in [-0.25, -0.2) is 13.8 Å². The zero-order valence-electron chi connectivity index (χ0n) is 13.7. The van der Waals surface area contributed by atoms with Gasteiger partial charge in [0.15, 0.2) is 0 Å². The number of nitrogens with zero attached hydrogens (tertiary/aromatic N) is 4. The van der Waals surface area contributed by atoms with E-state index >= 15 is 0 Å². The van der Waals surface area contributed by atoms with Crippen molar-refractivity contribution in [1.29, 1.82) is 0 Å². The molecule has 5 nitrogen and oxygen atoms in total. The van der Waals surface area contributed by atoms with Crippen LogP contribution in [0.1, 0.15) is 23.2 Å². The van der Waals surface area contributed by atoms with Crippen LogP contribution in [0.15, 0.2) is 43.0 Å². The summed E-state index contributed by atoms with van der Waals surface area (Å²) in [5.41, 5.74) is 2.02. The van der Waals surface area contributed by atoms with E-state index in [9.17, 15) is 13.6 Å². The number of carbonyl (C=O) groups excluding carboxylic acids is 1. The van der Waals surface area contributed by atoms with Crippen LogP contribution in [0, 0.1) is 3.57 Å². The average molecular weight is 468 g/mol. The Bertz CT molecular complexity index is 978. The summed E-state index contributed by atoms with van der Waals surface area (Å²) in [6.45, 7) is 0.137. The van der Waals surface area contributed by atoms with E-state index in [1.807, 2.05) is 22.9 Å². The van der Waals surface area contributed by atoms with Crippen molar-refractivity contribution in [2.24, 2.45) is 0 Å². The Labute approximate surface area is 162 Å². The normalized spacial score (nSPS) is 16.8. The molecule has 1 saturated heterocycles. The molecule has 1 amide bonds. The molecule has 0 aliphatic carbocycles. The van der Waals surface area contributed by atoms with Gasteiger partial charge < -0.3 is 4.90 Å². The van der Waals surface area contributed by atoms with Crippen LogP contribution < -0.4 is 0 Å². The molecule has 3 aromatic heterocycles. The standard InChI is InChI=1S/C18H15F2IN4O/c19-18(20)2-5-24(6-3-18)17(26)13-7-12-1-4-25(16(12)23-9-13)15-8-14(21)10-22-11-15/h1,4,7-11H,2-3,5-6H2. The zero-order chi connectivity index (χ0) is 18.3. The summed E-state index contributed by atoms with van der Waals surface area (Å²) in [5, 5.41) is 0.817. The van der Waals surface area contributed by atoms with E-state index < -0.39 is 5.92 Å². The minimum absolute atomic E-state index is 0.0685. The van der Waals surface area contributed by atoms with Gasteiger partial charge in [-0.1, -0.05) is 0 Å². The third kappa shape index (κ3) is 3.29. The van der Waals surface area contributed by atoms with Gasteiger partial charge in [-0.2, -0.15) is 0 Å². The number of rotatable bonds is 2. The van der Waals surface area contributed by atoms with E-state index in [2.05, 4.69) is 32.6 Å². The van der Waals surface area contributed by atoms with Gasteiger partial charge in [-0.3, -0.25) is 14.3 Å². The molecule has 0 aromatic carbocycles. The summed E-state index contributed by atoms with van der Waals surface area (Å²) in [7, 11) is 0. The summed E-state index contributed by atoms with van der Waals surface area (Å²) in [6, 6.07) is 5.63. The Morgan fingerprint density at radius 2 is 1.92 bits per heavy atom. The van der Waals surface area contributed by atoms with Crippen LogP contribution in [-0.2, 0) is 0 Å². The number of halogens is 3. The highest BCUT2D eigenvalue weighted by Gasteiger charge is 2.35. The fourth-order valence-electron chi connectivity index (χ4n) is 3.10. The maximum atomic E-state index is 13.3. The van der Waals surface area contributed by atoms with Crippen molar-refractivity contribution in [3.05, 3.63) is 52.1 Å². The summed E-state index contributed by atoms with van der Waals surface area (Å²) in [4.78, 5) is 22.7. The van der Waals surface area contributed by atoms with Gasteiger partial charge >= 0.3 is 0 Å². The Morgan fingerprint density at radius 1 is 1.15 bits per heavy atom. The van der Waals surface area contributed by atoms with E-state index in [1.165, 1.54) is 11.1 Å². The van der Waals surface area contributed by atoms with Crippen LogP contribution in [0.3, 0.4) is 0 Å². The molecule has 4 rings (SSSR count). The van der Waals surface area contributed by atoms with Crippen LogP contribution in [-0.4, -0.2) is 44.4 Å². The van der Waals surface area contributed by atoms with Crippen molar-refractivity contribution in [3.63, 3.8) is 0 Å². The van der Waals surface area contributed by atoms with Crippen molar-refractivity contribution >= 4 is 39.5 Å². The van der Waals surface area contributed by atoms with Gasteiger partial charge in [-0.15, -0.1) is 0 Å². The largest absolute Gasteiger partial charge is 0.338 e. The Morgan fingerprint density at radius 3 is 2.65 bits per heavy atom. The molecule has 26 heavy (non-hydrogen) atoms. The number of piperidine rings is 1. The summed E-state index contributed by atoms with van der Waals surface area (Å²) in [6.07, 6.45) is 6.32. The first-order valence-electron chi connectivity index (χ1n) is 8.18. The second kappa shape index (κ2) is 6.57. The van der Waals surface area contributed by atoms with Crippen LogP contribution in [0.2, 0.25) is 0 Å². The van der Waals surface area contributed by atoms with Crippen LogP contribution in [0.5, 0.6) is 0 Å². The molecule has 0 spiro atoms. The number of amides is 1. The molecule has 0 atom stereocenters. The predicted octanol–water partition coefficient (Wildman–Crippen LogP) is 3.90. The molecule has 1 aliphatic rings. The Hall–Kier alpha value is -2.10. The zero-order valence-corrected chi connectivity index (χ0v) is 15.9. The fourth-order valence-corrected chi connectivity index (χ4v) is 3.58. The number of pyridine rings is 2. The van der Waals surface area contributed by atoms with E-state index in [1.54, 1.807) is 18.5 Å². The number of hydrogen-bond donors (Lipinski definition) is 0. The first-order valence-corrected chi connectivity index (χ1v) is 9.26. The molecule has 0 unspecified atom stereocenters. The van der Waals surface area contributed by atoms with Crippen molar-refractivity contribution < 1.29 is 13.6 Å². The molecule has 0 saturated carbocycles. The van der Waals surface area contributed by atoms with Crippen molar-refractivity contribution in [2.75, 3.05) is 13.1 Å². The molecular weight excluding hydrogens is 453 g/mol. The van der Waals surface area contributed by atoms with Crippen molar-refractivity contribution in [3.8, 4) is 5.69 Å². The van der Waals surface area contributed by atoms with Crippen LogP contribution in [0.25, 0.3) is 16.7 Å². The molecule has 3 aromatic rings. The van der Waals surface area contributed by atoms with Gasteiger partial charge in [-0.05, 0) is 40.8 Å². The maximum absolute atomic E-state index is 13.3. The molecule has 134 valence electrons. The van der Waals surface area contributed by atoms with Gasteiger partial charge in [0.1, 0.15) is 5.65 Å². The highest BCUT2D eigenvalue weighted by atomic mass is 127. The molecule has 0 radical (unpaired) electrons. The number of likely N-dealkylation sites (tertiary alicyclic amines) is 1. The van der Waals surface area contributed by atoms with Gasteiger partial charge in [0.05, 0.1) is 17.4 Å². The maximum Gasteiger partial charge on any atom is 0.255 e. The van der Waals surface area contributed by atoms with E-state index in [0.717, 1.165) is 20.3 Å². The highest BCUT2D eigenvalue weighted by Crippen LogP contribution is 2.28. The number of fused-ring (bicyclic) bond motifs is 1. The summed E-state index contributed by atoms with van der Waals surface area (Å²) < 4.78 is 29.5. The number of hydrogen-bond acceptors (Lipinski definition) is 3. The molecule has 1 aliphatic heterocycles. The topological polar surface area (TPSA) is 51.0 Å². The number of alkyl halides is 2. The molecular formula is C18H15F2IN4O. The third-order valence-electron chi connectivity index (χ3n) is 4.52. The molecule has 8 heteroatoms. The third-order valence-corrected chi connectivity index (χ3v) is 5.11. The molecule has 0 bridgehead atoms. The Balaban J connectivity index is 1.62. The lowest BCUT2D eigenvalue weighted by Gasteiger charge is -2.31. The number of aromatic nitrogens is 3. The first-order chi connectivity index (χ1) is 12.4. The lowest BCUT2D eigenvalue weighted by Crippen LogP contribution is -2.42. The molecule has 4 heterocycles. The minimum Gasteiger partial charge on any atom is -0.338 e. The van der Waals surface area contributed by atoms with Crippen LogP contribution >= 0.6 is 22.6 Å². The van der Waals surface area contributed by atoms with E-state index in [4.69, 9.17) is 0 Å².